The highest BCUT2D eigenvalue weighted by molar-refractivity contribution is 9.09. The summed E-state index contributed by atoms with van der Waals surface area (Å²) in [6.07, 6.45) is 3.26. The number of rotatable bonds is 3. The standard InChI is InChI=1S/C11H12BrNO/c1-9-4-6-10(7-5-9)13-11(14)3-2-8-12/h2-7H,8H2,1H3,(H,13,14). The average Bonchev–Trinajstić information content (AvgIpc) is 2.18. The van der Waals surface area contributed by atoms with Gasteiger partial charge in [-0.15, -0.1) is 0 Å². The average molecular weight is 254 g/mol. The second-order valence-electron chi connectivity index (χ2n) is 2.91. The summed E-state index contributed by atoms with van der Waals surface area (Å²) in [5.74, 6) is -0.103. The van der Waals surface area contributed by atoms with Crippen molar-refractivity contribution in [1.29, 1.82) is 0 Å². The van der Waals surface area contributed by atoms with Gasteiger partial charge in [-0.05, 0) is 19.1 Å². The van der Waals surface area contributed by atoms with Gasteiger partial charge in [-0.25, -0.2) is 0 Å². The molecule has 1 rings (SSSR count). The summed E-state index contributed by atoms with van der Waals surface area (Å²) in [7, 11) is 0. The van der Waals surface area contributed by atoms with E-state index in [1.54, 1.807) is 6.08 Å². The Kier molecular flexibility index (Phi) is 4.40. The molecule has 0 fully saturated rings. The highest BCUT2D eigenvalue weighted by Gasteiger charge is 1.95. The highest BCUT2D eigenvalue weighted by Crippen LogP contribution is 2.08. The molecule has 0 radical (unpaired) electrons. The van der Waals surface area contributed by atoms with Crippen LogP contribution >= 0.6 is 15.9 Å². The fourth-order valence-electron chi connectivity index (χ4n) is 0.972. The van der Waals surface area contributed by atoms with Crippen LogP contribution in [0.5, 0.6) is 0 Å². The molecule has 0 bridgehead atoms. The molecule has 1 amide bonds. The molecule has 14 heavy (non-hydrogen) atoms. The minimum atomic E-state index is -0.103. The number of anilines is 1. The van der Waals surface area contributed by atoms with E-state index in [2.05, 4.69) is 21.2 Å². The molecule has 0 aliphatic heterocycles. The van der Waals surface area contributed by atoms with E-state index in [1.807, 2.05) is 31.2 Å². The summed E-state index contributed by atoms with van der Waals surface area (Å²) in [4.78, 5) is 11.2. The monoisotopic (exact) mass is 253 g/mol. The number of hydrogen-bond donors (Lipinski definition) is 1. The number of amides is 1. The van der Waals surface area contributed by atoms with Gasteiger partial charge < -0.3 is 5.32 Å². The lowest BCUT2D eigenvalue weighted by atomic mass is 10.2. The first-order valence-electron chi connectivity index (χ1n) is 4.32. The molecule has 0 unspecified atom stereocenters. The first-order valence-corrected chi connectivity index (χ1v) is 5.44. The van der Waals surface area contributed by atoms with Gasteiger partial charge >= 0.3 is 0 Å². The summed E-state index contributed by atoms with van der Waals surface area (Å²) >= 11 is 3.21. The largest absolute Gasteiger partial charge is 0.323 e. The van der Waals surface area contributed by atoms with Crippen molar-refractivity contribution < 1.29 is 4.79 Å². The summed E-state index contributed by atoms with van der Waals surface area (Å²) in [6, 6.07) is 7.69. The molecule has 2 nitrogen and oxygen atoms in total. The molecule has 0 aromatic heterocycles. The van der Waals surface area contributed by atoms with Gasteiger partial charge in [-0.3, -0.25) is 4.79 Å². The summed E-state index contributed by atoms with van der Waals surface area (Å²) in [5.41, 5.74) is 2.00. The van der Waals surface area contributed by atoms with Crippen molar-refractivity contribution in [3.05, 3.63) is 42.0 Å². The molecular weight excluding hydrogens is 242 g/mol. The number of carbonyl (C=O) groups excluding carboxylic acids is 1. The molecule has 0 aliphatic rings. The van der Waals surface area contributed by atoms with Crippen molar-refractivity contribution >= 4 is 27.5 Å². The normalized spacial score (nSPS) is 10.4. The van der Waals surface area contributed by atoms with Crippen LogP contribution in [0.2, 0.25) is 0 Å². The van der Waals surface area contributed by atoms with Crippen molar-refractivity contribution in [3.63, 3.8) is 0 Å². The van der Waals surface area contributed by atoms with Crippen LogP contribution in [-0.2, 0) is 4.79 Å². The number of benzene rings is 1. The zero-order valence-electron chi connectivity index (χ0n) is 7.96. The van der Waals surface area contributed by atoms with E-state index in [0.29, 0.717) is 5.33 Å². The molecule has 1 aromatic carbocycles. The minimum Gasteiger partial charge on any atom is -0.323 e. The molecule has 0 saturated heterocycles. The lowest BCUT2D eigenvalue weighted by molar-refractivity contribution is -0.111. The van der Waals surface area contributed by atoms with Gasteiger partial charge in [0.1, 0.15) is 0 Å². The van der Waals surface area contributed by atoms with E-state index in [9.17, 15) is 4.79 Å². The lowest BCUT2D eigenvalue weighted by Crippen LogP contribution is -2.07. The Balaban J connectivity index is 2.56. The smallest absolute Gasteiger partial charge is 0.248 e. The van der Waals surface area contributed by atoms with Crippen LogP contribution in [0.4, 0.5) is 5.69 Å². The fourth-order valence-corrected chi connectivity index (χ4v) is 1.16. The van der Waals surface area contributed by atoms with Gasteiger partial charge in [0.05, 0.1) is 0 Å². The maximum absolute atomic E-state index is 11.2. The topological polar surface area (TPSA) is 29.1 Å². The van der Waals surface area contributed by atoms with Crippen LogP contribution in [0.15, 0.2) is 36.4 Å². The quantitative estimate of drug-likeness (QED) is 0.652. The fraction of sp³-hybridized carbons (Fsp3) is 0.182. The zero-order chi connectivity index (χ0) is 10.4. The minimum absolute atomic E-state index is 0.103. The van der Waals surface area contributed by atoms with Crippen LogP contribution in [0.3, 0.4) is 0 Å². The third-order valence-electron chi connectivity index (χ3n) is 1.68. The molecule has 0 atom stereocenters. The first-order chi connectivity index (χ1) is 6.72. The molecule has 0 aliphatic carbocycles. The van der Waals surface area contributed by atoms with Crippen LogP contribution in [0.1, 0.15) is 5.56 Å². The molecular formula is C11H12BrNO. The Hall–Kier alpha value is -1.09. The predicted octanol–water partition coefficient (Wildman–Crippen LogP) is 2.88. The SMILES string of the molecule is Cc1ccc(NC(=O)C=CCBr)cc1. The van der Waals surface area contributed by atoms with Gasteiger partial charge in [0.15, 0.2) is 0 Å². The van der Waals surface area contributed by atoms with Crippen molar-refractivity contribution in [1.82, 2.24) is 0 Å². The van der Waals surface area contributed by atoms with Crippen LogP contribution in [-0.4, -0.2) is 11.2 Å². The van der Waals surface area contributed by atoms with Crippen LogP contribution < -0.4 is 5.32 Å². The Morgan fingerprint density at radius 2 is 2.07 bits per heavy atom. The van der Waals surface area contributed by atoms with E-state index < -0.39 is 0 Å². The third kappa shape index (κ3) is 3.75. The summed E-state index contributed by atoms with van der Waals surface area (Å²) in [5, 5.41) is 3.45. The zero-order valence-corrected chi connectivity index (χ0v) is 9.54. The Bertz CT molecular complexity index is 330. The van der Waals surface area contributed by atoms with Crippen LogP contribution in [0.25, 0.3) is 0 Å². The maximum Gasteiger partial charge on any atom is 0.248 e. The second-order valence-corrected chi connectivity index (χ2v) is 3.56. The number of halogens is 1. The molecule has 0 saturated carbocycles. The first kappa shape index (κ1) is 11.0. The van der Waals surface area contributed by atoms with Gasteiger partial charge in [-0.1, -0.05) is 39.7 Å². The Labute approximate surface area is 92.1 Å². The van der Waals surface area contributed by atoms with E-state index in [1.165, 1.54) is 11.6 Å². The number of alkyl halides is 1. The number of carbonyl (C=O) groups is 1. The Morgan fingerprint density at radius 1 is 1.43 bits per heavy atom. The highest BCUT2D eigenvalue weighted by atomic mass is 79.9. The lowest BCUT2D eigenvalue weighted by Gasteiger charge is -2.01. The summed E-state index contributed by atoms with van der Waals surface area (Å²) < 4.78 is 0. The Morgan fingerprint density at radius 3 is 2.64 bits per heavy atom. The molecule has 1 N–H and O–H groups in total. The number of nitrogens with one attached hydrogen (secondary N) is 1. The molecule has 0 heterocycles. The van der Waals surface area contributed by atoms with Gasteiger partial charge in [-0.2, -0.15) is 0 Å². The number of hydrogen-bond acceptors (Lipinski definition) is 1. The molecule has 3 heteroatoms. The summed E-state index contributed by atoms with van der Waals surface area (Å²) in [6.45, 7) is 2.01. The van der Waals surface area contributed by atoms with Gasteiger partial charge in [0.25, 0.3) is 0 Å². The number of aryl methyl sites for hydroxylation is 1. The van der Waals surface area contributed by atoms with Crippen molar-refractivity contribution in [2.45, 2.75) is 6.92 Å². The molecule has 0 spiro atoms. The van der Waals surface area contributed by atoms with E-state index in [4.69, 9.17) is 0 Å². The molecule has 74 valence electrons. The van der Waals surface area contributed by atoms with E-state index in [0.717, 1.165) is 5.69 Å². The third-order valence-corrected chi connectivity index (χ3v) is 2.05. The number of allylic oxidation sites excluding steroid dienone is 1. The van der Waals surface area contributed by atoms with Gasteiger partial charge in [0.2, 0.25) is 5.91 Å². The predicted molar refractivity (Wildman–Crippen MR) is 62.7 cm³/mol. The van der Waals surface area contributed by atoms with Crippen LogP contribution in [0, 0.1) is 6.92 Å². The molecule has 1 aromatic rings. The van der Waals surface area contributed by atoms with Crippen molar-refractivity contribution in [2.24, 2.45) is 0 Å². The maximum atomic E-state index is 11.2. The van der Waals surface area contributed by atoms with Gasteiger partial charge in [0, 0.05) is 17.1 Å². The second kappa shape index (κ2) is 5.60. The van der Waals surface area contributed by atoms with E-state index >= 15 is 0 Å². The van der Waals surface area contributed by atoms with Crippen molar-refractivity contribution in [2.75, 3.05) is 10.6 Å². The van der Waals surface area contributed by atoms with Crippen molar-refractivity contribution in [3.8, 4) is 0 Å². The van der Waals surface area contributed by atoms with E-state index in [-0.39, 0.29) is 5.91 Å².